The van der Waals surface area contributed by atoms with E-state index in [0.717, 1.165) is 16.9 Å². The minimum atomic E-state index is -0.656. The summed E-state index contributed by atoms with van der Waals surface area (Å²) in [5.74, 6) is -1.20. The Hall–Kier alpha value is -2.94. The highest BCUT2D eigenvalue weighted by atomic mass is 32.1. The predicted molar refractivity (Wildman–Crippen MR) is 84.8 cm³/mol. The van der Waals surface area contributed by atoms with Crippen LogP contribution < -0.4 is 15.8 Å². The van der Waals surface area contributed by atoms with Crippen LogP contribution in [0.3, 0.4) is 0 Å². The number of nitro groups is 1. The molecule has 0 atom stereocenters. The summed E-state index contributed by atoms with van der Waals surface area (Å²) in [6.07, 6.45) is 0. The van der Waals surface area contributed by atoms with Gasteiger partial charge in [-0.1, -0.05) is 6.07 Å². The van der Waals surface area contributed by atoms with E-state index in [1.165, 1.54) is 18.2 Å². The van der Waals surface area contributed by atoms with Crippen LogP contribution in [-0.2, 0) is 4.79 Å². The van der Waals surface area contributed by atoms with Crippen molar-refractivity contribution in [2.75, 3.05) is 11.9 Å². The maximum absolute atomic E-state index is 11.9. The number of hydrogen-bond acceptors (Lipinski definition) is 6. The summed E-state index contributed by atoms with van der Waals surface area (Å²) in [6.45, 7) is 1.32. The van der Waals surface area contributed by atoms with Gasteiger partial charge in [0.05, 0.1) is 10.5 Å². The number of benzene rings is 1. The fraction of sp³-hybridized carbons (Fsp3) is 0.143. The van der Waals surface area contributed by atoms with Crippen molar-refractivity contribution in [2.24, 2.45) is 5.73 Å². The Morgan fingerprint density at radius 3 is 2.78 bits per heavy atom. The highest BCUT2D eigenvalue weighted by Crippen LogP contribution is 2.28. The van der Waals surface area contributed by atoms with Crippen molar-refractivity contribution in [3.8, 4) is 5.75 Å². The third-order valence-electron chi connectivity index (χ3n) is 2.85. The summed E-state index contributed by atoms with van der Waals surface area (Å²) in [7, 11) is 0. The molecule has 1 heterocycles. The molecule has 0 bridgehead atoms. The lowest BCUT2D eigenvalue weighted by molar-refractivity contribution is -0.385. The van der Waals surface area contributed by atoms with E-state index in [-0.39, 0.29) is 17.0 Å². The van der Waals surface area contributed by atoms with Crippen molar-refractivity contribution in [1.82, 2.24) is 0 Å². The lowest BCUT2D eigenvalue weighted by atomic mass is 10.2. The summed E-state index contributed by atoms with van der Waals surface area (Å²) in [5, 5.41) is 15.3. The molecule has 9 heteroatoms. The lowest BCUT2D eigenvalue weighted by Gasteiger charge is -2.08. The van der Waals surface area contributed by atoms with Gasteiger partial charge >= 0.3 is 5.69 Å². The van der Waals surface area contributed by atoms with Crippen LogP contribution in [0.4, 0.5) is 10.7 Å². The van der Waals surface area contributed by atoms with E-state index in [9.17, 15) is 19.7 Å². The molecule has 2 rings (SSSR count). The molecular weight excluding hydrogens is 322 g/mol. The minimum absolute atomic E-state index is 0.00598. The predicted octanol–water partition coefficient (Wildman–Crippen LogP) is 2.08. The molecule has 2 amide bonds. The normalized spacial score (nSPS) is 10.1. The first-order chi connectivity index (χ1) is 10.9. The molecule has 0 unspecified atom stereocenters. The number of nitrogens with two attached hydrogens (primary N) is 1. The van der Waals surface area contributed by atoms with Crippen molar-refractivity contribution < 1.29 is 19.2 Å². The number of nitrogens with one attached hydrogen (secondary N) is 1. The quantitative estimate of drug-likeness (QED) is 0.617. The van der Waals surface area contributed by atoms with Crippen LogP contribution in [0.15, 0.2) is 29.6 Å². The van der Waals surface area contributed by atoms with Crippen molar-refractivity contribution in [2.45, 2.75) is 6.92 Å². The summed E-state index contributed by atoms with van der Waals surface area (Å²) in [6, 6.07) is 5.86. The first-order valence-electron chi connectivity index (χ1n) is 6.43. The molecule has 2 aromatic rings. The number of carbonyl (C=O) groups is 2. The molecule has 1 aromatic heterocycles. The smallest absolute Gasteiger partial charge is 0.310 e. The zero-order chi connectivity index (χ0) is 17.0. The molecule has 0 spiro atoms. The summed E-state index contributed by atoms with van der Waals surface area (Å²) in [4.78, 5) is 33.4. The van der Waals surface area contributed by atoms with Gasteiger partial charge < -0.3 is 15.8 Å². The first kappa shape index (κ1) is 16.4. The topological polar surface area (TPSA) is 125 Å². The molecule has 8 nitrogen and oxygen atoms in total. The van der Waals surface area contributed by atoms with Crippen LogP contribution in [0.25, 0.3) is 0 Å². The summed E-state index contributed by atoms with van der Waals surface area (Å²) < 4.78 is 5.22. The van der Waals surface area contributed by atoms with Gasteiger partial charge in [-0.15, -0.1) is 11.3 Å². The van der Waals surface area contributed by atoms with Gasteiger partial charge in [-0.25, -0.2) is 0 Å². The summed E-state index contributed by atoms with van der Waals surface area (Å²) in [5.41, 5.74) is 5.92. The van der Waals surface area contributed by atoms with Gasteiger partial charge in [0.2, 0.25) is 0 Å². The molecule has 0 saturated heterocycles. The highest BCUT2D eigenvalue weighted by Gasteiger charge is 2.17. The molecule has 0 fully saturated rings. The van der Waals surface area contributed by atoms with Crippen molar-refractivity contribution in [1.29, 1.82) is 0 Å². The molecule has 120 valence electrons. The molecular formula is C14H13N3O5S. The van der Waals surface area contributed by atoms with Crippen LogP contribution >= 0.6 is 11.3 Å². The summed E-state index contributed by atoms with van der Waals surface area (Å²) >= 11 is 1.14. The number of carbonyl (C=O) groups excluding carboxylic acids is 2. The van der Waals surface area contributed by atoms with Gasteiger partial charge in [0.15, 0.2) is 12.4 Å². The fourth-order valence-corrected chi connectivity index (χ4v) is 2.60. The number of ether oxygens (including phenoxy) is 1. The average Bonchev–Trinajstić information content (AvgIpc) is 2.93. The maximum Gasteiger partial charge on any atom is 0.310 e. The number of aryl methyl sites for hydroxylation is 1. The fourth-order valence-electron chi connectivity index (χ4n) is 1.79. The standard InChI is InChI=1S/C14H13N3O5S/c1-8-2-3-10(17(20)21)11(6-8)22-7-12(18)16-14-9(13(15)19)4-5-23-14/h2-6H,7H2,1H3,(H2,15,19)(H,16,18). The molecule has 0 aliphatic rings. The molecule has 0 saturated carbocycles. The minimum Gasteiger partial charge on any atom is -0.477 e. The van der Waals surface area contributed by atoms with Gasteiger partial charge in [0.1, 0.15) is 5.00 Å². The van der Waals surface area contributed by atoms with E-state index in [2.05, 4.69) is 5.32 Å². The Bertz CT molecular complexity index is 772. The Labute approximate surface area is 135 Å². The van der Waals surface area contributed by atoms with Crippen molar-refractivity contribution in [3.05, 3.63) is 50.9 Å². The number of nitro benzene ring substituents is 1. The van der Waals surface area contributed by atoms with Gasteiger partial charge in [0, 0.05) is 6.07 Å². The Morgan fingerprint density at radius 2 is 2.13 bits per heavy atom. The number of anilines is 1. The monoisotopic (exact) mass is 335 g/mol. The Morgan fingerprint density at radius 1 is 1.39 bits per heavy atom. The Kier molecular flexibility index (Phi) is 4.91. The lowest BCUT2D eigenvalue weighted by Crippen LogP contribution is -2.22. The second-order valence-electron chi connectivity index (χ2n) is 4.59. The average molecular weight is 335 g/mol. The van der Waals surface area contributed by atoms with E-state index in [4.69, 9.17) is 10.5 Å². The van der Waals surface area contributed by atoms with E-state index in [1.54, 1.807) is 18.4 Å². The molecule has 0 aliphatic carbocycles. The van der Waals surface area contributed by atoms with E-state index >= 15 is 0 Å². The van der Waals surface area contributed by atoms with Crippen LogP contribution in [0, 0.1) is 17.0 Å². The Balaban J connectivity index is 2.05. The number of nitrogens with zero attached hydrogens (tertiary/aromatic N) is 1. The van der Waals surface area contributed by atoms with Crippen LogP contribution in [-0.4, -0.2) is 23.3 Å². The third-order valence-corrected chi connectivity index (χ3v) is 3.68. The molecule has 0 radical (unpaired) electrons. The van der Waals surface area contributed by atoms with Gasteiger partial charge in [-0.2, -0.15) is 0 Å². The number of thiophene rings is 1. The van der Waals surface area contributed by atoms with Crippen LogP contribution in [0.1, 0.15) is 15.9 Å². The van der Waals surface area contributed by atoms with E-state index in [1.807, 2.05) is 0 Å². The first-order valence-corrected chi connectivity index (χ1v) is 7.31. The number of rotatable bonds is 6. The van der Waals surface area contributed by atoms with Crippen LogP contribution in [0.2, 0.25) is 0 Å². The van der Waals surface area contributed by atoms with Crippen molar-refractivity contribution >= 4 is 33.8 Å². The molecule has 0 aliphatic heterocycles. The van der Waals surface area contributed by atoms with Crippen molar-refractivity contribution in [3.63, 3.8) is 0 Å². The van der Waals surface area contributed by atoms with Gasteiger partial charge in [0.25, 0.3) is 11.8 Å². The van der Waals surface area contributed by atoms with Crippen LogP contribution in [0.5, 0.6) is 5.75 Å². The van der Waals surface area contributed by atoms with Gasteiger partial charge in [-0.05, 0) is 30.0 Å². The largest absolute Gasteiger partial charge is 0.477 e. The van der Waals surface area contributed by atoms with E-state index < -0.39 is 23.3 Å². The van der Waals surface area contributed by atoms with E-state index in [0.29, 0.717) is 5.00 Å². The molecule has 3 N–H and O–H groups in total. The van der Waals surface area contributed by atoms with Gasteiger partial charge in [-0.3, -0.25) is 19.7 Å². The molecule has 23 heavy (non-hydrogen) atoms. The third kappa shape index (κ3) is 4.04. The zero-order valence-electron chi connectivity index (χ0n) is 12.1. The number of primary amides is 1. The number of amides is 2. The second kappa shape index (κ2) is 6.88. The second-order valence-corrected chi connectivity index (χ2v) is 5.51. The zero-order valence-corrected chi connectivity index (χ0v) is 12.9. The number of hydrogen-bond donors (Lipinski definition) is 2. The maximum atomic E-state index is 11.9. The SMILES string of the molecule is Cc1ccc([N+](=O)[O-])c(OCC(=O)Nc2sccc2C(N)=O)c1. The molecule has 1 aromatic carbocycles. The highest BCUT2D eigenvalue weighted by molar-refractivity contribution is 7.14.